The number of anilines is 1. The Hall–Kier alpha value is -5.31. The number of rotatable bonds is 7. The summed E-state index contributed by atoms with van der Waals surface area (Å²) in [6.07, 6.45) is -3.98. The van der Waals surface area contributed by atoms with Crippen molar-refractivity contribution in [1.29, 1.82) is 0 Å². The van der Waals surface area contributed by atoms with Gasteiger partial charge in [-0.05, 0) is 55.5 Å². The standard InChI is InChI=1S/C29H24F4N6O5/c1-27(25(34)41)13-44-23-18(27)11-20(39-22(23)14-4-6-17(30)7-5-14)28(43,29(31,32)33)12-37-24(40)16-9-15-3-2-8-36-21(15)19(10-16)38-26(35)42/h2-11,43H,12-13H2,1H3,(H2,34,41)(H,37,40)(H3,35,38,42)/t27-,28?/m0/s1. The number of nitrogens with two attached hydrogens (primary N) is 2. The number of aromatic nitrogens is 2. The minimum atomic E-state index is -5.41. The molecule has 4 aromatic rings. The highest BCUT2D eigenvalue weighted by atomic mass is 19.4. The number of fused-ring (bicyclic) bond motifs is 2. The van der Waals surface area contributed by atoms with Crippen molar-refractivity contribution < 1.29 is 41.8 Å². The molecule has 228 valence electrons. The zero-order chi connectivity index (χ0) is 32.0. The van der Waals surface area contributed by atoms with Gasteiger partial charge in [-0.3, -0.25) is 14.6 Å². The van der Waals surface area contributed by atoms with E-state index in [9.17, 15) is 37.1 Å². The van der Waals surface area contributed by atoms with Crippen LogP contribution in [0.5, 0.6) is 5.75 Å². The fourth-order valence-electron chi connectivity index (χ4n) is 4.80. The molecule has 2 aromatic carbocycles. The normalized spacial score (nSPS) is 17.3. The van der Waals surface area contributed by atoms with Crippen LogP contribution in [0, 0.1) is 5.82 Å². The maximum atomic E-state index is 14.7. The molecule has 1 aliphatic heterocycles. The van der Waals surface area contributed by atoms with Crippen LogP contribution >= 0.6 is 0 Å². The molecule has 5 rings (SSSR count). The van der Waals surface area contributed by atoms with Crippen molar-refractivity contribution >= 4 is 34.4 Å². The van der Waals surface area contributed by atoms with Gasteiger partial charge in [0.05, 0.1) is 23.4 Å². The van der Waals surface area contributed by atoms with Crippen LogP contribution in [-0.4, -0.2) is 52.2 Å². The molecule has 44 heavy (non-hydrogen) atoms. The fourth-order valence-corrected chi connectivity index (χ4v) is 4.80. The van der Waals surface area contributed by atoms with Crippen molar-refractivity contribution in [2.75, 3.05) is 18.5 Å². The predicted octanol–water partition coefficient (Wildman–Crippen LogP) is 3.24. The Morgan fingerprint density at radius 1 is 1.09 bits per heavy atom. The molecule has 11 nitrogen and oxygen atoms in total. The first kappa shape index (κ1) is 30.2. The number of carbonyl (C=O) groups is 3. The van der Waals surface area contributed by atoms with E-state index in [0.717, 1.165) is 24.3 Å². The van der Waals surface area contributed by atoms with Gasteiger partial charge in [0.2, 0.25) is 11.5 Å². The minimum Gasteiger partial charge on any atom is -0.489 e. The lowest BCUT2D eigenvalue weighted by molar-refractivity contribution is -0.265. The Bertz CT molecular complexity index is 1820. The molecule has 0 aliphatic carbocycles. The van der Waals surface area contributed by atoms with Gasteiger partial charge >= 0.3 is 12.2 Å². The quantitative estimate of drug-likeness (QED) is 0.199. The fraction of sp³-hybridized carbons (Fsp3) is 0.207. The summed E-state index contributed by atoms with van der Waals surface area (Å²) in [5.41, 5.74) is 4.39. The third-order valence-electron chi connectivity index (χ3n) is 7.36. The number of nitrogens with zero attached hydrogens (tertiary/aromatic N) is 2. The van der Waals surface area contributed by atoms with Gasteiger partial charge in [0.25, 0.3) is 5.91 Å². The van der Waals surface area contributed by atoms with Gasteiger partial charge < -0.3 is 31.9 Å². The first-order chi connectivity index (χ1) is 20.6. The average molecular weight is 613 g/mol. The number of hydrogen-bond acceptors (Lipinski definition) is 7. The number of primary amides is 2. The molecule has 0 fully saturated rings. The lowest BCUT2D eigenvalue weighted by atomic mass is 9.81. The van der Waals surface area contributed by atoms with Gasteiger partial charge in [0, 0.05) is 28.3 Å². The molecule has 15 heteroatoms. The minimum absolute atomic E-state index is 0.0294. The number of urea groups is 1. The molecule has 7 N–H and O–H groups in total. The molecule has 0 bridgehead atoms. The number of nitrogens with one attached hydrogen (secondary N) is 2. The van der Waals surface area contributed by atoms with E-state index < -0.39 is 53.1 Å². The lowest BCUT2D eigenvalue weighted by Gasteiger charge is -2.31. The Kier molecular flexibility index (Phi) is 7.37. The van der Waals surface area contributed by atoms with Gasteiger partial charge in [0.1, 0.15) is 29.3 Å². The summed E-state index contributed by atoms with van der Waals surface area (Å²) in [6.45, 7) is -0.376. The molecular weight excluding hydrogens is 588 g/mol. The van der Waals surface area contributed by atoms with E-state index in [4.69, 9.17) is 16.2 Å². The molecule has 1 unspecified atom stereocenters. The molecule has 0 radical (unpaired) electrons. The Morgan fingerprint density at radius 3 is 2.43 bits per heavy atom. The van der Waals surface area contributed by atoms with Crippen LogP contribution in [0.15, 0.2) is 60.8 Å². The predicted molar refractivity (Wildman–Crippen MR) is 149 cm³/mol. The molecule has 4 amide bonds. The van der Waals surface area contributed by atoms with E-state index in [-0.39, 0.29) is 45.9 Å². The van der Waals surface area contributed by atoms with E-state index >= 15 is 0 Å². The van der Waals surface area contributed by atoms with Gasteiger partial charge in [-0.15, -0.1) is 0 Å². The van der Waals surface area contributed by atoms with Gasteiger partial charge in [-0.2, -0.15) is 13.2 Å². The van der Waals surface area contributed by atoms with Crippen LogP contribution in [0.4, 0.5) is 28.0 Å². The van der Waals surface area contributed by atoms with Crippen molar-refractivity contribution in [3.63, 3.8) is 0 Å². The molecule has 1 aliphatic rings. The summed E-state index contributed by atoms with van der Waals surface area (Å²) in [5, 5.41) is 16.0. The van der Waals surface area contributed by atoms with E-state index in [0.29, 0.717) is 5.39 Å². The third-order valence-corrected chi connectivity index (χ3v) is 7.36. The number of carbonyl (C=O) groups excluding carboxylic acids is 3. The summed E-state index contributed by atoms with van der Waals surface area (Å²) in [6, 6.07) is 10.1. The molecule has 0 spiro atoms. The zero-order valence-corrected chi connectivity index (χ0v) is 22.8. The van der Waals surface area contributed by atoms with Crippen molar-refractivity contribution in [2.24, 2.45) is 11.5 Å². The maximum absolute atomic E-state index is 14.7. The smallest absolute Gasteiger partial charge is 0.424 e. The number of ether oxygens (including phenoxy) is 1. The number of halogens is 4. The number of alkyl halides is 3. The lowest BCUT2D eigenvalue weighted by Crippen LogP contribution is -2.51. The topological polar surface area (TPSA) is 183 Å². The molecule has 2 aromatic heterocycles. The molecule has 2 atom stereocenters. The molecule has 0 saturated carbocycles. The van der Waals surface area contributed by atoms with E-state index in [2.05, 4.69) is 20.6 Å². The summed E-state index contributed by atoms with van der Waals surface area (Å²) in [5.74, 6) is -2.64. The monoisotopic (exact) mass is 612 g/mol. The first-order valence-corrected chi connectivity index (χ1v) is 12.9. The molecule has 0 saturated heterocycles. The van der Waals surface area contributed by atoms with Gasteiger partial charge in [0.15, 0.2) is 0 Å². The number of hydrogen-bond donors (Lipinski definition) is 5. The summed E-state index contributed by atoms with van der Waals surface area (Å²) in [7, 11) is 0. The Balaban J connectivity index is 1.58. The zero-order valence-electron chi connectivity index (χ0n) is 22.8. The van der Waals surface area contributed by atoms with Gasteiger partial charge in [-0.1, -0.05) is 6.07 Å². The SMILES string of the molecule is C[C@]1(C(N)=O)COc2c1cc(C(O)(CNC(=O)c1cc(NC(N)=O)c3ncccc3c1)C(F)(F)F)nc2-c1ccc(F)cc1. The second kappa shape index (κ2) is 10.8. The molecule has 3 heterocycles. The highest BCUT2D eigenvalue weighted by Gasteiger charge is 2.57. The van der Waals surface area contributed by atoms with Crippen LogP contribution in [0.1, 0.15) is 28.5 Å². The van der Waals surface area contributed by atoms with Crippen molar-refractivity contribution in [3.8, 4) is 17.0 Å². The second-order valence-electron chi connectivity index (χ2n) is 10.4. The van der Waals surface area contributed by atoms with E-state index in [1.54, 1.807) is 12.1 Å². The largest absolute Gasteiger partial charge is 0.489 e. The Morgan fingerprint density at radius 2 is 1.80 bits per heavy atom. The second-order valence-corrected chi connectivity index (χ2v) is 10.4. The van der Waals surface area contributed by atoms with Crippen LogP contribution in [0.2, 0.25) is 0 Å². The Labute approximate surface area is 246 Å². The number of aliphatic hydroxyl groups is 1. The van der Waals surface area contributed by atoms with Crippen molar-refractivity contribution in [3.05, 3.63) is 83.4 Å². The molecular formula is C29H24F4N6O5. The van der Waals surface area contributed by atoms with Crippen LogP contribution in [-0.2, 0) is 15.8 Å². The van der Waals surface area contributed by atoms with Crippen molar-refractivity contribution in [1.82, 2.24) is 15.3 Å². The third kappa shape index (κ3) is 5.21. The highest BCUT2D eigenvalue weighted by molar-refractivity contribution is 6.05. The number of benzene rings is 2. The van der Waals surface area contributed by atoms with Crippen LogP contribution in [0.3, 0.4) is 0 Å². The van der Waals surface area contributed by atoms with Gasteiger partial charge in [-0.25, -0.2) is 14.2 Å². The van der Waals surface area contributed by atoms with E-state index in [1.165, 1.54) is 31.3 Å². The average Bonchev–Trinajstić information content (AvgIpc) is 3.32. The maximum Gasteiger partial charge on any atom is 0.424 e. The number of amides is 4. The summed E-state index contributed by atoms with van der Waals surface area (Å²) in [4.78, 5) is 45.2. The summed E-state index contributed by atoms with van der Waals surface area (Å²) >= 11 is 0. The first-order valence-electron chi connectivity index (χ1n) is 12.9. The van der Waals surface area contributed by atoms with Crippen molar-refractivity contribution in [2.45, 2.75) is 24.1 Å². The number of pyridine rings is 2. The van der Waals surface area contributed by atoms with Crippen LogP contribution < -0.4 is 26.8 Å². The van der Waals surface area contributed by atoms with Crippen LogP contribution in [0.25, 0.3) is 22.2 Å². The summed E-state index contributed by atoms with van der Waals surface area (Å²) < 4.78 is 63.3. The van der Waals surface area contributed by atoms with E-state index in [1.807, 2.05) is 0 Å². The highest BCUT2D eigenvalue weighted by Crippen LogP contribution is 2.47.